The molecular formula is C24H18ClF5N4O2. The zero-order valence-electron chi connectivity index (χ0n) is 18.7. The van der Waals surface area contributed by atoms with Crippen molar-refractivity contribution in [1.82, 2.24) is 19.5 Å². The number of benzene rings is 1. The molecule has 3 heterocycles. The summed E-state index contributed by atoms with van der Waals surface area (Å²) >= 11 is 5.99. The number of aromatic nitrogens is 4. The second-order valence-corrected chi connectivity index (χ2v) is 9.14. The molecular weight excluding hydrogens is 507 g/mol. The molecule has 1 aromatic carbocycles. The first-order valence-corrected chi connectivity index (χ1v) is 11.2. The second kappa shape index (κ2) is 8.58. The van der Waals surface area contributed by atoms with Crippen LogP contribution in [0.2, 0.25) is 5.02 Å². The Morgan fingerprint density at radius 2 is 2.00 bits per heavy atom. The van der Waals surface area contributed by atoms with Crippen LogP contribution in [-0.4, -0.2) is 32.1 Å². The number of alkyl halides is 5. The molecule has 188 valence electrons. The van der Waals surface area contributed by atoms with Crippen molar-refractivity contribution >= 4 is 17.2 Å². The van der Waals surface area contributed by atoms with E-state index in [4.69, 9.17) is 20.9 Å². The monoisotopic (exact) mass is 524 g/mol. The Morgan fingerprint density at radius 1 is 1.22 bits per heavy atom. The topological polar surface area (TPSA) is 65.5 Å². The summed E-state index contributed by atoms with van der Waals surface area (Å²) in [7, 11) is 0. The molecule has 1 fully saturated rings. The first-order chi connectivity index (χ1) is 16.9. The van der Waals surface area contributed by atoms with E-state index in [2.05, 4.69) is 21.7 Å². The van der Waals surface area contributed by atoms with Crippen LogP contribution in [0.4, 0.5) is 22.0 Å². The quantitative estimate of drug-likeness (QED) is 0.207. The molecule has 0 aliphatic heterocycles. The number of pyridine rings is 1. The van der Waals surface area contributed by atoms with Gasteiger partial charge in [0.05, 0.1) is 17.2 Å². The Hall–Kier alpha value is -3.47. The lowest BCUT2D eigenvalue weighted by Gasteiger charge is -2.14. The van der Waals surface area contributed by atoms with Gasteiger partial charge in [-0.15, -0.1) is 0 Å². The van der Waals surface area contributed by atoms with E-state index >= 15 is 0 Å². The molecule has 1 saturated carbocycles. The normalized spacial score (nSPS) is 17.8. The highest BCUT2D eigenvalue weighted by atomic mass is 35.5. The summed E-state index contributed by atoms with van der Waals surface area (Å²) in [6.45, 7) is 5.38. The van der Waals surface area contributed by atoms with Gasteiger partial charge in [0.15, 0.2) is 5.65 Å². The van der Waals surface area contributed by atoms with Gasteiger partial charge in [0.1, 0.15) is 11.4 Å². The Balaban J connectivity index is 1.34. The van der Waals surface area contributed by atoms with Crippen molar-refractivity contribution in [2.45, 2.75) is 31.9 Å². The van der Waals surface area contributed by atoms with Crippen LogP contribution in [0.5, 0.6) is 5.75 Å². The SMILES string of the molecule is C=C1C[C@H](COc2ccc(-c3nc(-c4cn5cc(C(F)(F)F)cc(Cl)c5n4)no3)cc2C)CC1(F)F. The van der Waals surface area contributed by atoms with E-state index in [-0.39, 0.29) is 59.0 Å². The molecule has 0 unspecified atom stereocenters. The number of ether oxygens (including phenoxy) is 1. The van der Waals surface area contributed by atoms with Gasteiger partial charge in [-0.2, -0.15) is 18.2 Å². The zero-order valence-corrected chi connectivity index (χ0v) is 19.5. The van der Waals surface area contributed by atoms with Crippen molar-refractivity contribution in [2.75, 3.05) is 6.61 Å². The zero-order chi connectivity index (χ0) is 25.8. The van der Waals surface area contributed by atoms with Gasteiger partial charge in [-0.3, -0.25) is 0 Å². The number of fused-ring (bicyclic) bond motifs is 1. The fourth-order valence-corrected chi connectivity index (χ4v) is 4.37. The summed E-state index contributed by atoms with van der Waals surface area (Å²) in [6, 6.07) is 5.90. The number of allylic oxidation sites excluding steroid dienone is 1. The summed E-state index contributed by atoms with van der Waals surface area (Å²) < 4.78 is 78.8. The smallest absolute Gasteiger partial charge is 0.417 e. The number of halogens is 6. The highest BCUT2D eigenvalue weighted by Gasteiger charge is 2.43. The maximum atomic E-state index is 13.7. The molecule has 36 heavy (non-hydrogen) atoms. The van der Waals surface area contributed by atoms with Gasteiger partial charge in [-0.1, -0.05) is 23.3 Å². The predicted molar refractivity (Wildman–Crippen MR) is 121 cm³/mol. The Kier molecular flexibility index (Phi) is 5.77. The molecule has 0 amide bonds. The van der Waals surface area contributed by atoms with Crippen LogP contribution < -0.4 is 4.74 Å². The van der Waals surface area contributed by atoms with Crippen molar-refractivity contribution < 1.29 is 31.2 Å². The molecule has 4 aromatic rings. The molecule has 0 saturated heterocycles. The number of aryl methyl sites for hydroxylation is 1. The van der Waals surface area contributed by atoms with Gasteiger partial charge in [0.25, 0.3) is 11.8 Å². The van der Waals surface area contributed by atoms with Gasteiger partial charge in [-0.05, 0) is 48.7 Å². The van der Waals surface area contributed by atoms with E-state index in [1.807, 2.05) is 0 Å². The minimum Gasteiger partial charge on any atom is -0.493 e. The van der Waals surface area contributed by atoms with Gasteiger partial charge < -0.3 is 13.7 Å². The van der Waals surface area contributed by atoms with Crippen LogP contribution in [-0.2, 0) is 6.18 Å². The van der Waals surface area contributed by atoms with Crippen LogP contribution in [0.25, 0.3) is 28.6 Å². The fourth-order valence-electron chi connectivity index (χ4n) is 4.11. The van der Waals surface area contributed by atoms with Crippen molar-refractivity contribution in [1.29, 1.82) is 0 Å². The summed E-state index contributed by atoms with van der Waals surface area (Å²) in [5.74, 6) is -2.40. The van der Waals surface area contributed by atoms with Gasteiger partial charge in [-0.25, -0.2) is 13.8 Å². The number of hydrogen-bond acceptors (Lipinski definition) is 5. The largest absolute Gasteiger partial charge is 0.493 e. The molecule has 12 heteroatoms. The number of imidazole rings is 1. The summed E-state index contributed by atoms with van der Waals surface area (Å²) in [6.07, 6.45) is -2.41. The van der Waals surface area contributed by atoms with E-state index < -0.39 is 17.7 Å². The average molecular weight is 525 g/mol. The highest BCUT2D eigenvalue weighted by molar-refractivity contribution is 6.33. The Labute approximate surface area is 206 Å². The summed E-state index contributed by atoms with van der Waals surface area (Å²) in [5, 5.41) is 3.71. The molecule has 6 nitrogen and oxygen atoms in total. The Morgan fingerprint density at radius 3 is 2.67 bits per heavy atom. The van der Waals surface area contributed by atoms with E-state index in [0.717, 1.165) is 22.2 Å². The second-order valence-electron chi connectivity index (χ2n) is 8.73. The van der Waals surface area contributed by atoms with Gasteiger partial charge >= 0.3 is 6.18 Å². The molecule has 1 aliphatic carbocycles. The van der Waals surface area contributed by atoms with Crippen LogP contribution in [0.15, 0.2) is 53.3 Å². The molecule has 1 aliphatic rings. The van der Waals surface area contributed by atoms with Crippen molar-refractivity contribution in [3.05, 3.63) is 65.0 Å². The fraction of sp³-hybridized carbons (Fsp3) is 0.292. The summed E-state index contributed by atoms with van der Waals surface area (Å²) in [4.78, 5) is 8.52. The minimum absolute atomic E-state index is 0.0657. The average Bonchev–Trinajstić information content (AvgIpc) is 3.50. The van der Waals surface area contributed by atoms with Crippen molar-refractivity contribution in [3.63, 3.8) is 0 Å². The van der Waals surface area contributed by atoms with Crippen LogP contribution >= 0.6 is 11.6 Å². The third-order valence-corrected chi connectivity index (χ3v) is 6.26. The first kappa shape index (κ1) is 24.2. The lowest BCUT2D eigenvalue weighted by atomic mass is 10.1. The van der Waals surface area contributed by atoms with E-state index in [9.17, 15) is 22.0 Å². The maximum Gasteiger partial charge on any atom is 0.417 e. The molecule has 0 N–H and O–H groups in total. The minimum atomic E-state index is -4.56. The van der Waals surface area contributed by atoms with Crippen LogP contribution in [0.1, 0.15) is 24.0 Å². The van der Waals surface area contributed by atoms with Crippen LogP contribution in [0, 0.1) is 12.8 Å². The summed E-state index contributed by atoms with van der Waals surface area (Å²) in [5.41, 5.74) is 0.617. The number of hydrogen-bond donors (Lipinski definition) is 0. The lowest BCUT2D eigenvalue weighted by molar-refractivity contribution is -0.137. The van der Waals surface area contributed by atoms with E-state index in [1.54, 1.807) is 25.1 Å². The molecule has 0 spiro atoms. The number of rotatable bonds is 5. The standard InChI is InChI=1S/C24H18ClF5N4O2/c1-12-5-15(3-4-19(12)35-11-14-6-13(2)23(26,27)8-14)22-32-20(33-36-22)18-10-34-9-16(24(28,29)30)7-17(25)21(34)31-18/h3-5,7,9-10,14H,2,6,8,11H2,1H3/t14-/m0/s1. The molecule has 0 bridgehead atoms. The van der Waals surface area contributed by atoms with E-state index in [1.165, 1.54) is 6.20 Å². The van der Waals surface area contributed by atoms with Crippen molar-refractivity contribution in [2.24, 2.45) is 5.92 Å². The Bertz CT molecular complexity index is 1480. The van der Waals surface area contributed by atoms with Gasteiger partial charge in [0.2, 0.25) is 5.82 Å². The third-order valence-electron chi connectivity index (χ3n) is 5.98. The molecule has 5 rings (SSSR count). The number of nitrogens with zero attached hydrogens (tertiary/aromatic N) is 4. The van der Waals surface area contributed by atoms with Crippen molar-refractivity contribution in [3.8, 4) is 28.7 Å². The van der Waals surface area contributed by atoms with Crippen LogP contribution in [0.3, 0.4) is 0 Å². The third kappa shape index (κ3) is 4.55. The van der Waals surface area contributed by atoms with Gasteiger partial charge in [0, 0.05) is 30.3 Å². The molecule has 1 atom stereocenters. The first-order valence-electron chi connectivity index (χ1n) is 10.8. The molecule has 0 radical (unpaired) electrons. The molecule has 3 aromatic heterocycles. The predicted octanol–water partition coefficient (Wildman–Crippen LogP) is 7.01. The highest BCUT2D eigenvalue weighted by Crippen LogP contribution is 2.42. The maximum absolute atomic E-state index is 13.7. The van der Waals surface area contributed by atoms with E-state index in [0.29, 0.717) is 11.3 Å². The lowest BCUT2D eigenvalue weighted by Crippen LogP contribution is -2.14.